The van der Waals surface area contributed by atoms with Crippen molar-refractivity contribution in [1.82, 2.24) is 0 Å². The van der Waals surface area contributed by atoms with Crippen molar-refractivity contribution in [3.8, 4) is 5.75 Å². The maximum absolute atomic E-state index is 13.5. The number of hydrogen-bond acceptors (Lipinski definition) is 6. The fourth-order valence-corrected chi connectivity index (χ4v) is 6.63. The Labute approximate surface area is 235 Å². The average molecular weight is 602 g/mol. The van der Waals surface area contributed by atoms with Gasteiger partial charge in [0.1, 0.15) is 11.6 Å². The van der Waals surface area contributed by atoms with Gasteiger partial charge in [0.15, 0.2) is 6.10 Å². The minimum atomic E-state index is -4.06. The lowest BCUT2D eigenvalue weighted by Gasteiger charge is -2.34. The van der Waals surface area contributed by atoms with E-state index in [9.17, 15) is 26.0 Å². The van der Waals surface area contributed by atoms with Crippen molar-refractivity contribution in [2.45, 2.75) is 15.9 Å². The molecule has 0 saturated carbocycles. The number of para-hydroxylation sites is 2. The smallest absolute Gasteiger partial charge is 0.267 e. The molecule has 0 aliphatic carbocycles. The number of fused-ring (bicyclic) bond motifs is 1. The molecule has 0 unspecified atom stereocenters. The van der Waals surface area contributed by atoms with Crippen LogP contribution in [0.5, 0.6) is 5.75 Å². The summed E-state index contributed by atoms with van der Waals surface area (Å²) in [5, 5.41) is 3.01. The standard InChI is InChI=1S/C27H21ClFN3O6S2/c28-18-5-13-23(14-6-18)40(36,37)32-17-26(38-25-4-2-1-3-24(25)32)27(33)30-20-11-15-22(16-12-20)39(34,35)31-21-9-7-19(29)8-10-21/h1-16,26,31H,17H2,(H,30,33)/t26-/m0/s1. The molecule has 0 bridgehead atoms. The van der Waals surface area contributed by atoms with Gasteiger partial charge in [0.05, 0.1) is 22.0 Å². The van der Waals surface area contributed by atoms with Crippen LogP contribution in [0.2, 0.25) is 5.02 Å². The highest BCUT2D eigenvalue weighted by molar-refractivity contribution is 7.93. The number of nitrogens with one attached hydrogen (secondary N) is 2. The van der Waals surface area contributed by atoms with E-state index in [1.165, 1.54) is 60.7 Å². The molecule has 13 heteroatoms. The van der Waals surface area contributed by atoms with E-state index in [2.05, 4.69) is 10.0 Å². The van der Waals surface area contributed by atoms with Crippen molar-refractivity contribution in [3.05, 3.63) is 108 Å². The summed E-state index contributed by atoms with van der Waals surface area (Å²) in [6.45, 7) is -0.304. The second kappa shape index (κ2) is 10.8. The van der Waals surface area contributed by atoms with Crippen molar-refractivity contribution in [3.63, 3.8) is 0 Å². The van der Waals surface area contributed by atoms with Crippen molar-refractivity contribution in [2.75, 3.05) is 20.9 Å². The number of halogens is 2. The van der Waals surface area contributed by atoms with Crippen LogP contribution in [0.15, 0.2) is 107 Å². The van der Waals surface area contributed by atoms with Gasteiger partial charge in [-0.15, -0.1) is 0 Å². The fraction of sp³-hybridized carbons (Fsp3) is 0.0741. The Morgan fingerprint density at radius 1 is 0.825 bits per heavy atom. The van der Waals surface area contributed by atoms with Crippen LogP contribution in [-0.4, -0.2) is 35.4 Å². The maximum Gasteiger partial charge on any atom is 0.267 e. The number of anilines is 3. The average Bonchev–Trinajstić information content (AvgIpc) is 2.94. The molecule has 1 heterocycles. The van der Waals surface area contributed by atoms with Crippen LogP contribution < -0.4 is 19.1 Å². The predicted molar refractivity (Wildman–Crippen MR) is 149 cm³/mol. The van der Waals surface area contributed by atoms with E-state index >= 15 is 0 Å². The van der Waals surface area contributed by atoms with Crippen molar-refractivity contribution >= 4 is 54.6 Å². The molecular formula is C27H21ClFN3O6S2. The molecule has 0 radical (unpaired) electrons. The first-order chi connectivity index (χ1) is 19.0. The van der Waals surface area contributed by atoms with E-state index in [1.54, 1.807) is 24.3 Å². The molecule has 0 fully saturated rings. The number of nitrogens with zero attached hydrogens (tertiary/aromatic N) is 1. The van der Waals surface area contributed by atoms with Gasteiger partial charge in [0, 0.05) is 16.4 Å². The molecule has 0 spiro atoms. The number of carbonyl (C=O) groups excluding carboxylic acids is 1. The summed E-state index contributed by atoms with van der Waals surface area (Å²) in [5.41, 5.74) is 0.733. The number of ether oxygens (including phenoxy) is 1. The number of sulfonamides is 2. The zero-order valence-electron chi connectivity index (χ0n) is 20.5. The molecule has 1 aliphatic heterocycles. The molecule has 1 aliphatic rings. The lowest BCUT2D eigenvalue weighted by Crippen LogP contribution is -2.48. The minimum absolute atomic E-state index is 0.00111. The van der Waals surface area contributed by atoms with Crippen LogP contribution >= 0.6 is 11.6 Å². The minimum Gasteiger partial charge on any atom is -0.476 e. The van der Waals surface area contributed by atoms with Gasteiger partial charge in [0.2, 0.25) is 0 Å². The number of carbonyl (C=O) groups is 1. The molecule has 0 aromatic heterocycles. The van der Waals surface area contributed by atoms with Crippen LogP contribution in [-0.2, 0) is 24.8 Å². The number of amides is 1. The number of benzene rings is 4. The Balaban J connectivity index is 1.33. The summed E-state index contributed by atoms with van der Waals surface area (Å²) in [4.78, 5) is 13.1. The largest absolute Gasteiger partial charge is 0.476 e. The zero-order valence-corrected chi connectivity index (χ0v) is 22.9. The quantitative estimate of drug-likeness (QED) is 0.312. The molecule has 1 atom stereocenters. The van der Waals surface area contributed by atoms with Gasteiger partial charge in [-0.1, -0.05) is 23.7 Å². The normalized spacial score (nSPS) is 15.1. The highest BCUT2D eigenvalue weighted by atomic mass is 35.5. The Bertz CT molecular complexity index is 1770. The number of hydrogen-bond donors (Lipinski definition) is 2. The first kappa shape index (κ1) is 27.4. The Hall–Kier alpha value is -4.13. The lowest BCUT2D eigenvalue weighted by atomic mass is 10.2. The van der Waals surface area contributed by atoms with Gasteiger partial charge < -0.3 is 10.1 Å². The second-order valence-electron chi connectivity index (χ2n) is 8.69. The van der Waals surface area contributed by atoms with Gasteiger partial charge in [-0.25, -0.2) is 21.2 Å². The molecule has 206 valence electrons. The molecule has 1 amide bonds. The van der Waals surface area contributed by atoms with Gasteiger partial charge >= 0.3 is 0 Å². The van der Waals surface area contributed by atoms with Gasteiger partial charge in [-0.05, 0) is 84.9 Å². The first-order valence-corrected chi connectivity index (χ1v) is 15.1. The third-order valence-electron chi connectivity index (χ3n) is 5.96. The highest BCUT2D eigenvalue weighted by Gasteiger charge is 2.37. The van der Waals surface area contributed by atoms with Crippen LogP contribution in [0.1, 0.15) is 0 Å². The molecule has 0 saturated heterocycles. The Morgan fingerprint density at radius 2 is 1.43 bits per heavy atom. The summed E-state index contributed by atoms with van der Waals surface area (Å²) in [7, 11) is -8.03. The topological polar surface area (TPSA) is 122 Å². The Kier molecular flexibility index (Phi) is 7.41. The molecule has 2 N–H and O–H groups in total. The van der Waals surface area contributed by atoms with E-state index < -0.39 is 37.9 Å². The second-order valence-corrected chi connectivity index (χ2v) is 12.7. The lowest BCUT2D eigenvalue weighted by molar-refractivity contribution is -0.122. The summed E-state index contributed by atoms with van der Waals surface area (Å²) >= 11 is 5.92. The van der Waals surface area contributed by atoms with E-state index in [-0.39, 0.29) is 39.1 Å². The summed E-state index contributed by atoms with van der Waals surface area (Å²) < 4.78 is 74.7. The van der Waals surface area contributed by atoms with Crippen LogP contribution in [0.25, 0.3) is 0 Å². The van der Waals surface area contributed by atoms with Gasteiger partial charge in [-0.3, -0.25) is 13.8 Å². The van der Waals surface area contributed by atoms with Gasteiger partial charge in [0.25, 0.3) is 26.0 Å². The third-order valence-corrected chi connectivity index (χ3v) is 9.40. The first-order valence-electron chi connectivity index (χ1n) is 11.8. The van der Waals surface area contributed by atoms with E-state index in [0.717, 1.165) is 16.4 Å². The zero-order chi connectivity index (χ0) is 28.5. The molecule has 5 rings (SSSR count). The highest BCUT2D eigenvalue weighted by Crippen LogP contribution is 2.37. The van der Waals surface area contributed by atoms with E-state index in [0.29, 0.717) is 5.02 Å². The molecule has 4 aromatic carbocycles. The summed E-state index contributed by atoms with van der Waals surface area (Å²) in [6.07, 6.45) is -1.21. The Morgan fingerprint density at radius 3 is 2.10 bits per heavy atom. The molecule has 9 nitrogen and oxygen atoms in total. The van der Waals surface area contributed by atoms with Crippen molar-refractivity contribution < 1.29 is 30.8 Å². The SMILES string of the molecule is O=C(Nc1ccc(S(=O)(=O)Nc2ccc(F)cc2)cc1)[C@@H]1CN(S(=O)(=O)c2ccc(Cl)cc2)c2ccccc2O1. The van der Waals surface area contributed by atoms with Crippen LogP contribution in [0, 0.1) is 5.82 Å². The summed E-state index contributed by atoms with van der Waals surface area (Å²) in [6, 6.07) is 22.3. The van der Waals surface area contributed by atoms with Crippen molar-refractivity contribution in [2.24, 2.45) is 0 Å². The van der Waals surface area contributed by atoms with Gasteiger partial charge in [-0.2, -0.15) is 0 Å². The van der Waals surface area contributed by atoms with Crippen LogP contribution in [0.4, 0.5) is 21.5 Å². The third kappa shape index (κ3) is 5.74. The maximum atomic E-state index is 13.5. The monoisotopic (exact) mass is 601 g/mol. The number of rotatable bonds is 7. The van der Waals surface area contributed by atoms with Crippen LogP contribution in [0.3, 0.4) is 0 Å². The van der Waals surface area contributed by atoms with E-state index in [1.807, 2.05) is 0 Å². The fourth-order valence-electron chi connectivity index (χ4n) is 3.97. The molecule has 4 aromatic rings. The molecular weight excluding hydrogens is 581 g/mol. The van der Waals surface area contributed by atoms with Crippen molar-refractivity contribution in [1.29, 1.82) is 0 Å². The predicted octanol–water partition coefficient (Wildman–Crippen LogP) is 4.87. The molecule has 40 heavy (non-hydrogen) atoms. The summed E-state index contributed by atoms with van der Waals surface area (Å²) in [5.74, 6) is -0.926. The van der Waals surface area contributed by atoms with E-state index in [4.69, 9.17) is 16.3 Å².